The van der Waals surface area contributed by atoms with Gasteiger partial charge in [-0.25, -0.2) is 4.39 Å². The molecule has 1 aromatic carbocycles. The maximum atomic E-state index is 13.4. The number of halogens is 1. The number of nitrogens with zero attached hydrogens (tertiary/aromatic N) is 1. The molecule has 1 aliphatic rings. The average Bonchev–Trinajstić information content (AvgIpc) is 2.40. The van der Waals surface area contributed by atoms with Crippen LogP contribution >= 0.6 is 0 Å². The van der Waals surface area contributed by atoms with E-state index in [-0.39, 0.29) is 18.3 Å². The first-order valence-electron chi connectivity index (χ1n) is 6.33. The molecule has 1 fully saturated rings. The van der Waals surface area contributed by atoms with Crippen molar-refractivity contribution in [3.63, 3.8) is 0 Å². The number of carbonyl (C=O) groups is 1. The number of carbonyl (C=O) groups excluding carboxylic acids is 1. The summed E-state index contributed by atoms with van der Waals surface area (Å²) in [6.07, 6.45) is 3.27. The molecule has 98 valence electrons. The van der Waals surface area contributed by atoms with Crippen molar-refractivity contribution < 1.29 is 13.9 Å². The third kappa shape index (κ3) is 3.22. The first-order valence-corrected chi connectivity index (χ1v) is 6.33. The predicted molar refractivity (Wildman–Crippen MR) is 67.1 cm³/mol. The SMILES string of the molecule is Cc1ccc(F)c(OCC(=O)N2CCCCC2)c1. The molecule has 1 amide bonds. The first-order chi connectivity index (χ1) is 8.66. The van der Waals surface area contributed by atoms with Crippen molar-refractivity contribution in [2.45, 2.75) is 26.2 Å². The van der Waals surface area contributed by atoms with E-state index in [1.165, 1.54) is 12.5 Å². The summed E-state index contributed by atoms with van der Waals surface area (Å²) in [6, 6.07) is 4.64. The Hall–Kier alpha value is -1.58. The average molecular weight is 251 g/mol. The molecule has 0 aliphatic carbocycles. The van der Waals surface area contributed by atoms with Crippen molar-refractivity contribution >= 4 is 5.91 Å². The van der Waals surface area contributed by atoms with E-state index in [1.807, 2.05) is 6.92 Å². The van der Waals surface area contributed by atoms with Gasteiger partial charge in [0.1, 0.15) is 0 Å². The minimum atomic E-state index is -0.424. The molecule has 0 unspecified atom stereocenters. The molecular formula is C14H18FNO2. The molecule has 1 saturated heterocycles. The van der Waals surface area contributed by atoms with Crippen molar-refractivity contribution in [3.8, 4) is 5.75 Å². The number of aryl methyl sites for hydroxylation is 1. The predicted octanol–water partition coefficient (Wildman–Crippen LogP) is 2.53. The van der Waals surface area contributed by atoms with Gasteiger partial charge in [0.2, 0.25) is 0 Å². The Balaban J connectivity index is 1.90. The number of likely N-dealkylation sites (tertiary alicyclic amines) is 1. The Kier molecular flexibility index (Phi) is 4.18. The van der Waals surface area contributed by atoms with E-state index in [1.54, 1.807) is 17.0 Å². The molecule has 18 heavy (non-hydrogen) atoms. The van der Waals surface area contributed by atoms with Gasteiger partial charge in [0, 0.05) is 13.1 Å². The Bertz CT molecular complexity index is 428. The van der Waals surface area contributed by atoms with Crippen molar-refractivity contribution in [1.29, 1.82) is 0 Å². The van der Waals surface area contributed by atoms with Crippen LogP contribution in [0.5, 0.6) is 5.75 Å². The van der Waals surface area contributed by atoms with E-state index in [0.717, 1.165) is 31.5 Å². The lowest BCUT2D eigenvalue weighted by atomic mass is 10.1. The summed E-state index contributed by atoms with van der Waals surface area (Å²) in [4.78, 5) is 13.6. The van der Waals surface area contributed by atoms with E-state index in [0.29, 0.717) is 0 Å². The molecule has 0 aromatic heterocycles. The number of rotatable bonds is 3. The standard InChI is InChI=1S/C14H18FNO2/c1-11-5-6-12(15)13(9-11)18-10-14(17)16-7-3-2-4-8-16/h5-6,9H,2-4,7-8,10H2,1H3. The summed E-state index contributed by atoms with van der Waals surface area (Å²) in [6.45, 7) is 3.36. The summed E-state index contributed by atoms with van der Waals surface area (Å²) < 4.78 is 18.7. The Labute approximate surface area is 107 Å². The molecule has 0 N–H and O–H groups in total. The molecular weight excluding hydrogens is 233 g/mol. The van der Waals surface area contributed by atoms with Crippen LogP contribution in [0.1, 0.15) is 24.8 Å². The Morgan fingerprint density at radius 3 is 2.78 bits per heavy atom. The van der Waals surface area contributed by atoms with Gasteiger partial charge in [-0.2, -0.15) is 0 Å². The number of benzene rings is 1. The van der Waals surface area contributed by atoms with Gasteiger partial charge in [0.25, 0.3) is 5.91 Å². The maximum absolute atomic E-state index is 13.4. The normalized spacial score (nSPS) is 15.6. The van der Waals surface area contributed by atoms with Crippen molar-refractivity contribution in [1.82, 2.24) is 4.90 Å². The summed E-state index contributed by atoms with van der Waals surface area (Å²) in [5, 5.41) is 0. The highest BCUT2D eigenvalue weighted by molar-refractivity contribution is 5.77. The molecule has 0 radical (unpaired) electrons. The topological polar surface area (TPSA) is 29.5 Å². The molecule has 0 atom stereocenters. The van der Waals surface area contributed by atoms with E-state index in [9.17, 15) is 9.18 Å². The van der Waals surface area contributed by atoms with Crippen LogP contribution < -0.4 is 4.74 Å². The molecule has 0 saturated carbocycles. The molecule has 2 rings (SSSR count). The highest BCUT2D eigenvalue weighted by atomic mass is 19.1. The summed E-state index contributed by atoms with van der Waals surface area (Å²) >= 11 is 0. The number of hydrogen-bond donors (Lipinski definition) is 0. The Morgan fingerprint density at radius 1 is 1.33 bits per heavy atom. The van der Waals surface area contributed by atoms with E-state index in [2.05, 4.69) is 0 Å². The fraction of sp³-hybridized carbons (Fsp3) is 0.500. The van der Waals surface area contributed by atoms with Crippen molar-refractivity contribution in [2.75, 3.05) is 19.7 Å². The fourth-order valence-electron chi connectivity index (χ4n) is 2.10. The highest BCUT2D eigenvalue weighted by Gasteiger charge is 2.17. The van der Waals surface area contributed by atoms with Crippen LogP contribution in [0.25, 0.3) is 0 Å². The van der Waals surface area contributed by atoms with Crippen LogP contribution in [0, 0.1) is 12.7 Å². The molecule has 1 aromatic rings. The number of ether oxygens (including phenoxy) is 1. The molecule has 0 spiro atoms. The summed E-state index contributed by atoms with van der Waals surface area (Å²) in [5.41, 5.74) is 0.914. The highest BCUT2D eigenvalue weighted by Crippen LogP contribution is 2.18. The quantitative estimate of drug-likeness (QED) is 0.826. The van der Waals surface area contributed by atoms with Crippen LogP contribution in [-0.2, 0) is 4.79 Å². The van der Waals surface area contributed by atoms with Crippen LogP contribution in [0.15, 0.2) is 18.2 Å². The van der Waals surface area contributed by atoms with Crippen LogP contribution in [-0.4, -0.2) is 30.5 Å². The Morgan fingerprint density at radius 2 is 2.06 bits per heavy atom. The minimum absolute atomic E-state index is 0.0596. The van der Waals surface area contributed by atoms with Gasteiger partial charge in [-0.3, -0.25) is 4.79 Å². The zero-order valence-electron chi connectivity index (χ0n) is 10.6. The summed E-state index contributed by atoms with van der Waals surface area (Å²) in [7, 11) is 0. The first kappa shape index (κ1) is 12.9. The number of amides is 1. The fourth-order valence-corrected chi connectivity index (χ4v) is 2.10. The van der Waals surface area contributed by atoms with Crippen LogP contribution in [0.4, 0.5) is 4.39 Å². The minimum Gasteiger partial charge on any atom is -0.481 e. The molecule has 4 heteroatoms. The largest absolute Gasteiger partial charge is 0.481 e. The lowest BCUT2D eigenvalue weighted by Crippen LogP contribution is -2.38. The monoisotopic (exact) mass is 251 g/mol. The van der Waals surface area contributed by atoms with Gasteiger partial charge < -0.3 is 9.64 Å². The van der Waals surface area contributed by atoms with E-state index < -0.39 is 5.82 Å². The van der Waals surface area contributed by atoms with Gasteiger partial charge in [0.15, 0.2) is 18.2 Å². The zero-order chi connectivity index (χ0) is 13.0. The van der Waals surface area contributed by atoms with Gasteiger partial charge in [-0.1, -0.05) is 6.07 Å². The van der Waals surface area contributed by atoms with E-state index >= 15 is 0 Å². The third-order valence-electron chi connectivity index (χ3n) is 3.15. The van der Waals surface area contributed by atoms with Crippen LogP contribution in [0.3, 0.4) is 0 Å². The number of piperidine rings is 1. The second kappa shape index (κ2) is 5.85. The lowest BCUT2D eigenvalue weighted by Gasteiger charge is -2.26. The maximum Gasteiger partial charge on any atom is 0.260 e. The van der Waals surface area contributed by atoms with Gasteiger partial charge in [-0.05, 0) is 43.9 Å². The molecule has 1 heterocycles. The van der Waals surface area contributed by atoms with E-state index in [4.69, 9.17) is 4.74 Å². The summed E-state index contributed by atoms with van der Waals surface area (Å²) in [5.74, 6) is -0.331. The van der Waals surface area contributed by atoms with Gasteiger partial charge >= 0.3 is 0 Å². The van der Waals surface area contributed by atoms with Gasteiger partial charge in [-0.15, -0.1) is 0 Å². The number of hydrogen-bond acceptors (Lipinski definition) is 2. The second-order valence-electron chi connectivity index (χ2n) is 4.66. The lowest BCUT2D eigenvalue weighted by molar-refractivity contribution is -0.134. The third-order valence-corrected chi connectivity index (χ3v) is 3.15. The van der Waals surface area contributed by atoms with Gasteiger partial charge in [0.05, 0.1) is 0 Å². The van der Waals surface area contributed by atoms with Crippen LogP contribution in [0.2, 0.25) is 0 Å². The molecule has 3 nitrogen and oxygen atoms in total. The second-order valence-corrected chi connectivity index (χ2v) is 4.66. The smallest absolute Gasteiger partial charge is 0.260 e. The zero-order valence-corrected chi connectivity index (χ0v) is 10.6. The molecule has 0 bridgehead atoms. The van der Waals surface area contributed by atoms with Crippen molar-refractivity contribution in [3.05, 3.63) is 29.6 Å². The molecule has 1 aliphatic heterocycles. The van der Waals surface area contributed by atoms with Crippen molar-refractivity contribution in [2.24, 2.45) is 0 Å².